The predicted octanol–water partition coefficient (Wildman–Crippen LogP) is 5.21. The number of anilines is 1. The number of aliphatic hydroxyl groups is 1. The second kappa shape index (κ2) is 13.7. The fourth-order valence-corrected chi connectivity index (χ4v) is 7.52. The molecule has 0 aliphatic carbocycles. The molecule has 3 aromatic rings. The Labute approximate surface area is 263 Å². The third kappa shape index (κ3) is 7.20. The number of aliphatic hydroxyl groups excluding tert-OH is 1. The molecule has 2 heterocycles. The number of para-hydroxylation sites is 1. The van der Waals surface area contributed by atoms with Gasteiger partial charge >= 0.3 is 0 Å². The van der Waals surface area contributed by atoms with Crippen LogP contribution in [0.4, 0.5) is 14.7 Å². The van der Waals surface area contributed by atoms with Crippen LogP contribution in [0.5, 0.6) is 11.5 Å². The fraction of sp³-hybridized carbons (Fsp3) is 0.433. The number of ether oxygens (including phenoxy) is 3. The Hall–Kier alpha value is -3.82. The lowest BCUT2D eigenvalue weighted by molar-refractivity contribution is 0.171. The zero-order chi connectivity index (χ0) is 33.1. The van der Waals surface area contributed by atoms with Gasteiger partial charge < -0.3 is 19.3 Å². The molecule has 0 bridgehead atoms. The highest BCUT2D eigenvalue weighted by atomic mass is 32.2. The molecule has 244 valence electrons. The van der Waals surface area contributed by atoms with Gasteiger partial charge in [-0.05, 0) is 43.7 Å². The van der Waals surface area contributed by atoms with E-state index in [1.165, 1.54) is 32.8 Å². The molecule has 45 heavy (non-hydrogen) atoms. The smallest absolute Gasteiger partial charge is 0.245 e. The van der Waals surface area contributed by atoms with Crippen molar-refractivity contribution in [2.75, 3.05) is 32.2 Å². The summed E-state index contributed by atoms with van der Waals surface area (Å²) >= 11 is 0. The summed E-state index contributed by atoms with van der Waals surface area (Å²) in [5.41, 5.74) is -0.00574. The van der Waals surface area contributed by atoms with Crippen molar-refractivity contribution in [3.63, 3.8) is 0 Å². The quantitative estimate of drug-likeness (QED) is 0.262. The molecule has 1 aliphatic heterocycles. The van der Waals surface area contributed by atoms with Gasteiger partial charge in [-0.3, -0.25) is 4.57 Å². The minimum absolute atomic E-state index is 0.00618. The van der Waals surface area contributed by atoms with Crippen molar-refractivity contribution >= 4 is 29.9 Å². The van der Waals surface area contributed by atoms with Gasteiger partial charge in [0.2, 0.25) is 21.9 Å². The molecule has 1 N–H and O–H groups in total. The highest BCUT2D eigenvalue weighted by Crippen LogP contribution is 2.40. The predicted molar refractivity (Wildman–Crippen MR) is 171 cm³/mol. The SMILES string of the molecule is COC1=NC(c2nnc(N(CC[Si](C)(C)C)S(=O)(=O)[C@@H](C)[C@H](O)c3ccc(F)cc3F)n2-c2c(OC)cccc2OC)CC=C1. The number of benzene rings is 2. The maximum Gasteiger partial charge on any atom is 0.245 e. The zero-order valence-electron chi connectivity index (χ0n) is 26.4. The van der Waals surface area contributed by atoms with Crippen molar-refractivity contribution in [3.8, 4) is 17.2 Å². The van der Waals surface area contributed by atoms with Crippen LogP contribution >= 0.6 is 0 Å². The Morgan fingerprint density at radius 1 is 1.07 bits per heavy atom. The van der Waals surface area contributed by atoms with Crippen LogP contribution in [0.15, 0.2) is 53.5 Å². The van der Waals surface area contributed by atoms with Gasteiger partial charge in [-0.1, -0.05) is 37.8 Å². The lowest BCUT2D eigenvalue weighted by atomic mass is 10.1. The van der Waals surface area contributed by atoms with Gasteiger partial charge in [-0.2, -0.15) is 0 Å². The van der Waals surface area contributed by atoms with Gasteiger partial charge in [0.15, 0.2) is 5.82 Å². The summed E-state index contributed by atoms with van der Waals surface area (Å²) in [4.78, 5) is 4.64. The molecule has 1 aliphatic rings. The van der Waals surface area contributed by atoms with Crippen molar-refractivity contribution < 1.29 is 36.5 Å². The van der Waals surface area contributed by atoms with Crippen molar-refractivity contribution in [1.29, 1.82) is 0 Å². The largest absolute Gasteiger partial charge is 0.494 e. The van der Waals surface area contributed by atoms with E-state index >= 15 is 0 Å². The molecular formula is C30H39F2N5O6SSi. The number of halogens is 2. The summed E-state index contributed by atoms with van der Waals surface area (Å²) in [7, 11) is -1.92. The van der Waals surface area contributed by atoms with Crippen LogP contribution in [-0.2, 0) is 14.8 Å². The van der Waals surface area contributed by atoms with Crippen LogP contribution in [0.3, 0.4) is 0 Å². The summed E-state index contributed by atoms with van der Waals surface area (Å²) < 4.78 is 76.7. The van der Waals surface area contributed by atoms with Crippen LogP contribution in [0.2, 0.25) is 25.7 Å². The van der Waals surface area contributed by atoms with E-state index < -0.39 is 47.1 Å². The van der Waals surface area contributed by atoms with E-state index in [9.17, 15) is 22.3 Å². The third-order valence-electron chi connectivity index (χ3n) is 7.50. The lowest BCUT2D eigenvalue weighted by Crippen LogP contribution is -2.44. The molecule has 0 radical (unpaired) electrons. The summed E-state index contributed by atoms with van der Waals surface area (Å²) in [6, 6.07) is 7.63. The van der Waals surface area contributed by atoms with Gasteiger partial charge in [-0.25, -0.2) is 26.5 Å². The van der Waals surface area contributed by atoms with E-state index in [0.717, 1.165) is 16.4 Å². The second-order valence-electron chi connectivity index (χ2n) is 11.8. The Morgan fingerprint density at radius 2 is 1.73 bits per heavy atom. The van der Waals surface area contributed by atoms with Crippen LogP contribution in [-0.4, -0.2) is 75.4 Å². The number of aromatic nitrogens is 3. The van der Waals surface area contributed by atoms with Gasteiger partial charge in [0.25, 0.3) is 0 Å². The Bertz CT molecular complexity index is 1670. The minimum Gasteiger partial charge on any atom is -0.494 e. The Morgan fingerprint density at radius 3 is 2.31 bits per heavy atom. The number of nitrogens with zero attached hydrogens (tertiary/aromatic N) is 5. The first kappa shape index (κ1) is 34.1. The van der Waals surface area contributed by atoms with E-state index in [1.54, 1.807) is 24.3 Å². The minimum atomic E-state index is -4.49. The molecule has 0 amide bonds. The van der Waals surface area contributed by atoms with Crippen LogP contribution in [0.1, 0.15) is 36.9 Å². The summed E-state index contributed by atoms with van der Waals surface area (Å²) in [6.07, 6.45) is 2.19. The molecule has 0 fully saturated rings. The van der Waals surface area contributed by atoms with Gasteiger partial charge in [0, 0.05) is 26.2 Å². The van der Waals surface area contributed by atoms with E-state index in [0.29, 0.717) is 41.6 Å². The lowest BCUT2D eigenvalue weighted by Gasteiger charge is -2.31. The summed E-state index contributed by atoms with van der Waals surface area (Å²) in [5.74, 6) is -0.647. The molecule has 4 rings (SSSR count). The molecular weight excluding hydrogens is 625 g/mol. The van der Waals surface area contributed by atoms with E-state index in [4.69, 9.17) is 14.2 Å². The standard InChI is InChI=1S/C30H39F2N5O6SSi/c1-19(28(38)21-15-14-20(31)18-22(21)32)44(39,40)36(16-17-45(5,6)7)30-35-34-29(23-10-8-13-26(33-23)43-4)37(30)27-24(41-2)11-9-12-25(27)42-3/h8-9,11-15,18-19,23,28,38H,10,16-17H2,1-7H3/t19-,23?,28-/m0/s1. The highest BCUT2D eigenvalue weighted by Gasteiger charge is 2.40. The van der Waals surface area contributed by atoms with Crippen molar-refractivity contribution in [2.24, 2.45) is 4.99 Å². The van der Waals surface area contributed by atoms with Gasteiger partial charge in [-0.15, -0.1) is 10.2 Å². The Balaban J connectivity index is 1.97. The monoisotopic (exact) mass is 663 g/mol. The topological polar surface area (TPSA) is 128 Å². The molecule has 0 spiro atoms. The summed E-state index contributed by atoms with van der Waals surface area (Å²) in [6.45, 7) is 7.56. The highest BCUT2D eigenvalue weighted by molar-refractivity contribution is 7.93. The van der Waals surface area contributed by atoms with Gasteiger partial charge in [0.05, 0.1) is 21.3 Å². The van der Waals surface area contributed by atoms with Crippen molar-refractivity contribution in [2.45, 2.75) is 56.4 Å². The van der Waals surface area contributed by atoms with E-state index in [1.807, 2.05) is 6.08 Å². The average Bonchev–Trinajstić information content (AvgIpc) is 3.43. The van der Waals surface area contributed by atoms with Gasteiger partial charge in [0.1, 0.15) is 46.2 Å². The van der Waals surface area contributed by atoms with Crippen LogP contribution < -0.4 is 13.8 Å². The van der Waals surface area contributed by atoms with Crippen LogP contribution in [0.25, 0.3) is 5.69 Å². The molecule has 0 saturated carbocycles. The first-order valence-electron chi connectivity index (χ1n) is 14.3. The second-order valence-corrected chi connectivity index (χ2v) is 19.6. The molecule has 0 saturated heterocycles. The average molecular weight is 664 g/mol. The van der Waals surface area contributed by atoms with Crippen LogP contribution in [0, 0.1) is 11.6 Å². The number of hydrogen-bond acceptors (Lipinski definition) is 9. The van der Waals surface area contributed by atoms with Crippen molar-refractivity contribution in [1.82, 2.24) is 14.8 Å². The summed E-state index contributed by atoms with van der Waals surface area (Å²) in [5, 5.41) is 18.4. The number of sulfonamides is 1. The first-order valence-corrected chi connectivity index (χ1v) is 19.5. The molecule has 1 unspecified atom stereocenters. The molecule has 1 aromatic heterocycles. The maximum atomic E-state index is 14.7. The number of aliphatic imine (C=N–C) groups is 1. The Kier molecular flexibility index (Phi) is 10.3. The van der Waals surface area contributed by atoms with Crippen molar-refractivity contribution in [3.05, 3.63) is 71.6 Å². The molecule has 3 atom stereocenters. The number of rotatable bonds is 12. The third-order valence-corrected chi connectivity index (χ3v) is 11.4. The first-order chi connectivity index (χ1) is 21.2. The molecule has 2 aromatic carbocycles. The number of methoxy groups -OCH3 is 3. The van der Waals surface area contributed by atoms with E-state index in [2.05, 4.69) is 34.8 Å². The fourth-order valence-electron chi connectivity index (χ4n) is 4.90. The maximum absolute atomic E-state index is 14.7. The normalized spacial score (nSPS) is 16.6. The number of dihydropyridines is 1. The molecule has 11 nitrogen and oxygen atoms in total. The molecule has 15 heteroatoms. The zero-order valence-corrected chi connectivity index (χ0v) is 28.2. The number of hydrogen-bond donors (Lipinski definition) is 1. The van der Waals surface area contributed by atoms with E-state index in [-0.39, 0.29) is 23.9 Å².